The quantitative estimate of drug-likeness (QED) is 0.507. The lowest BCUT2D eigenvalue weighted by Gasteiger charge is -2.32. The number of hydrogen-bond acceptors (Lipinski definition) is 5. The highest BCUT2D eigenvalue weighted by molar-refractivity contribution is 8.67. The molecule has 2 rings (SSSR count). The van der Waals surface area contributed by atoms with Crippen LogP contribution in [0.3, 0.4) is 0 Å². The van der Waals surface area contributed by atoms with Gasteiger partial charge in [0.05, 0.1) is 5.69 Å². The van der Waals surface area contributed by atoms with Crippen LogP contribution in [0.2, 0.25) is 0 Å². The van der Waals surface area contributed by atoms with E-state index in [1.807, 2.05) is 0 Å². The maximum absolute atomic E-state index is 13.4. The first-order valence-electron chi connectivity index (χ1n) is 5.18. The number of nitrogens with zero attached hydrogens (tertiary/aromatic N) is 3. The summed E-state index contributed by atoms with van der Waals surface area (Å²) in [6.45, 7) is 4.39. The van der Waals surface area contributed by atoms with Gasteiger partial charge in [-0.2, -0.15) is 0 Å². The topological polar surface area (TPSA) is 19.4 Å². The predicted octanol–water partition coefficient (Wildman–Crippen LogP) is 1.83. The van der Waals surface area contributed by atoms with Gasteiger partial charge in [-0.15, -0.1) is 0 Å². The van der Waals surface area contributed by atoms with Crippen molar-refractivity contribution >= 4 is 22.6 Å². The second-order valence-corrected chi connectivity index (χ2v) is 4.89. The minimum atomic E-state index is -0.214. The lowest BCUT2D eigenvalue weighted by molar-refractivity contribution is 0.186. The van der Waals surface area contributed by atoms with Gasteiger partial charge in [-0.25, -0.2) is 8.70 Å². The summed E-state index contributed by atoms with van der Waals surface area (Å²) in [5.74, 6) is -0.214. The summed E-state index contributed by atoms with van der Waals surface area (Å²) in [7, 11) is 1.47. The Balaban J connectivity index is 1.89. The van der Waals surface area contributed by atoms with E-state index in [1.165, 1.54) is 17.0 Å². The summed E-state index contributed by atoms with van der Waals surface area (Å²) >= 11 is 4.16. The summed E-state index contributed by atoms with van der Waals surface area (Å²) in [5, 5.41) is 0. The average molecular weight is 259 g/mol. The first-order valence-corrected chi connectivity index (χ1v) is 7.00. The molecule has 0 aromatic carbocycles. The highest BCUT2D eigenvalue weighted by atomic mass is 33.1. The molecule has 0 atom stereocenters. The Morgan fingerprint density at radius 1 is 1.38 bits per heavy atom. The molecular formula is C10H14FN3S2. The summed E-state index contributed by atoms with van der Waals surface area (Å²) in [4.78, 5) is 6.28. The van der Waals surface area contributed by atoms with Gasteiger partial charge in [-0.3, -0.25) is 9.88 Å². The second kappa shape index (κ2) is 5.86. The second-order valence-electron chi connectivity index (χ2n) is 3.72. The van der Waals surface area contributed by atoms with Crippen LogP contribution in [-0.2, 0) is 6.54 Å². The molecule has 0 amide bonds. The van der Waals surface area contributed by atoms with E-state index in [0.717, 1.165) is 26.2 Å². The van der Waals surface area contributed by atoms with Crippen LogP contribution in [0.15, 0.2) is 18.3 Å². The van der Waals surface area contributed by atoms with Crippen LogP contribution in [0.4, 0.5) is 4.39 Å². The third kappa shape index (κ3) is 3.10. The van der Waals surface area contributed by atoms with E-state index in [4.69, 9.17) is 0 Å². The molecule has 0 N–H and O–H groups in total. The van der Waals surface area contributed by atoms with Gasteiger partial charge >= 0.3 is 0 Å². The summed E-state index contributed by atoms with van der Waals surface area (Å²) in [6, 6.07) is 3.08. The number of pyridine rings is 1. The van der Waals surface area contributed by atoms with Crippen LogP contribution in [0.1, 0.15) is 5.69 Å². The SMILES string of the molecule is Fc1cccnc1CN1CCN(SS)CC1. The smallest absolute Gasteiger partial charge is 0.146 e. The zero-order chi connectivity index (χ0) is 11.4. The average Bonchev–Trinajstić information content (AvgIpc) is 2.33. The number of thiol groups is 1. The van der Waals surface area contributed by atoms with Crippen LogP contribution < -0.4 is 0 Å². The summed E-state index contributed by atoms with van der Waals surface area (Å²) < 4.78 is 15.6. The molecule has 1 fully saturated rings. The Morgan fingerprint density at radius 2 is 2.12 bits per heavy atom. The normalized spacial score (nSPS) is 18.9. The van der Waals surface area contributed by atoms with Crippen molar-refractivity contribution in [2.24, 2.45) is 0 Å². The molecule has 1 aromatic heterocycles. The van der Waals surface area contributed by atoms with Crippen LogP contribution in [0.5, 0.6) is 0 Å². The minimum Gasteiger partial charge on any atom is -0.295 e. The fourth-order valence-electron chi connectivity index (χ4n) is 1.72. The van der Waals surface area contributed by atoms with Crippen LogP contribution in [-0.4, -0.2) is 40.4 Å². The first kappa shape index (κ1) is 12.2. The molecule has 2 heterocycles. The molecule has 6 heteroatoms. The van der Waals surface area contributed by atoms with Crippen molar-refractivity contribution in [2.45, 2.75) is 6.54 Å². The van der Waals surface area contributed by atoms with Gasteiger partial charge < -0.3 is 0 Å². The largest absolute Gasteiger partial charge is 0.295 e. The van der Waals surface area contributed by atoms with Gasteiger partial charge in [-0.05, 0) is 23.1 Å². The molecule has 1 aromatic rings. The Morgan fingerprint density at radius 3 is 2.75 bits per heavy atom. The molecule has 3 nitrogen and oxygen atoms in total. The van der Waals surface area contributed by atoms with Gasteiger partial charge in [0.1, 0.15) is 5.82 Å². The number of aromatic nitrogens is 1. The molecule has 0 unspecified atom stereocenters. The highest BCUT2D eigenvalue weighted by Gasteiger charge is 2.17. The van der Waals surface area contributed by atoms with Gasteiger partial charge in [0, 0.05) is 38.9 Å². The van der Waals surface area contributed by atoms with E-state index < -0.39 is 0 Å². The van der Waals surface area contributed by atoms with Crippen molar-refractivity contribution < 1.29 is 4.39 Å². The van der Waals surface area contributed by atoms with Crippen molar-refractivity contribution in [1.82, 2.24) is 14.2 Å². The van der Waals surface area contributed by atoms with Gasteiger partial charge in [0.25, 0.3) is 0 Å². The number of piperazine rings is 1. The molecule has 1 saturated heterocycles. The van der Waals surface area contributed by atoms with Crippen molar-refractivity contribution in [1.29, 1.82) is 0 Å². The Hall–Kier alpha value is -0.300. The molecule has 0 spiro atoms. The fourth-order valence-corrected chi connectivity index (χ4v) is 2.53. The molecule has 0 bridgehead atoms. The number of rotatable bonds is 3. The molecule has 1 aliphatic heterocycles. The van der Waals surface area contributed by atoms with Crippen LogP contribution in [0, 0.1) is 5.82 Å². The maximum atomic E-state index is 13.4. The molecule has 16 heavy (non-hydrogen) atoms. The summed E-state index contributed by atoms with van der Waals surface area (Å²) in [5.41, 5.74) is 0.537. The Labute approximate surface area is 104 Å². The van der Waals surface area contributed by atoms with E-state index in [0.29, 0.717) is 12.2 Å². The number of hydrogen-bond donors (Lipinski definition) is 1. The van der Waals surface area contributed by atoms with Crippen molar-refractivity contribution in [3.63, 3.8) is 0 Å². The monoisotopic (exact) mass is 259 g/mol. The van der Waals surface area contributed by atoms with Gasteiger partial charge in [0.15, 0.2) is 0 Å². The predicted molar refractivity (Wildman–Crippen MR) is 67.6 cm³/mol. The van der Waals surface area contributed by atoms with E-state index in [1.54, 1.807) is 12.3 Å². The first-order chi connectivity index (χ1) is 7.79. The molecule has 0 aliphatic carbocycles. The van der Waals surface area contributed by atoms with Crippen molar-refractivity contribution in [2.75, 3.05) is 26.2 Å². The van der Waals surface area contributed by atoms with E-state index in [9.17, 15) is 4.39 Å². The van der Waals surface area contributed by atoms with Crippen LogP contribution >= 0.6 is 22.6 Å². The molecule has 0 radical (unpaired) electrons. The van der Waals surface area contributed by atoms with E-state index in [-0.39, 0.29) is 5.82 Å². The van der Waals surface area contributed by atoms with Gasteiger partial charge in [-0.1, -0.05) is 11.7 Å². The third-order valence-electron chi connectivity index (χ3n) is 2.65. The standard InChI is InChI=1S/C10H14FN3S2/c11-9-2-1-3-12-10(9)8-13-4-6-14(16-15)7-5-13/h1-3,15H,4-8H2. The van der Waals surface area contributed by atoms with Crippen LogP contribution in [0.25, 0.3) is 0 Å². The minimum absolute atomic E-state index is 0.214. The Bertz CT molecular complexity index is 343. The highest BCUT2D eigenvalue weighted by Crippen LogP contribution is 2.17. The Kier molecular flexibility index (Phi) is 4.45. The molecular weight excluding hydrogens is 245 g/mol. The molecule has 88 valence electrons. The maximum Gasteiger partial charge on any atom is 0.146 e. The van der Waals surface area contributed by atoms with E-state index in [2.05, 4.69) is 25.8 Å². The van der Waals surface area contributed by atoms with Crippen molar-refractivity contribution in [3.8, 4) is 0 Å². The summed E-state index contributed by atoms with van der Waals surface area (Å²) in [6.07, 6.45) is 1.64. The lowest BCUT2D eigenvalue weighted by Crippen LogP contribution is -2.42. The third-order valence-corrected chi connectivity index (χ3v) is 3.94. The lowest BCUT2D eigenvalue weighted by atomic mass is 10.3. The zero-order valence-corrected chi connectivity index (χ0v) is 10.6. The molecule has 1 aliphatic rings. The number of halogens is 1. The fraction of sp³-hybridized carbons (Fsp3) is 0.500. The zero-order valence-electron chi connectivity index (χ0n) is 8.84. The molecule has 0 saturated carbocycles. The van der Waals surface area contributed by atoms with Gasteiger partial charge in [0.2, 0.25) is 0 Å². The van der Waals surface area contributed by atoms with Crippen molar-refractivity contribution in [3.05, 3.63) is 29.8 Å². The van der Waals surface area contributed by atoms with E-state index >= 15 is 0 Å².